The van der Waals surface area contributed by atoms with Crippen molar-refractivity contribution in [1.29, 1.82) is 0 Å². The molecule has 1 aliphatic heterocycles. The average molecular weight is 284 g/mol. The number of nitrogens with zero attached hydrogens (tertiary/aromatic N) is 2. The molecule has 1 aromatic rings. The molecule has 2 rings (SSSR count). The summed E-state index contributed by atoms with van der Waals surface area (Å²) in [6, 6.07) is 5.45. The van der Waals surface area contributed by atoms with Crippen LogP contribution in [0.5, 0.6) is 0 Å². The lowest BCUT2D eigenvalue weighted by molar-refractivity contribution is -0.384. The fraction of sp³-hybridized carbons (Fsp3) is 0.538. The quantitative estimate of drug-likeness (QED) is 0.684. The smallest absolute Gasteiger partial charge is 0.271 e. The second kappa shape index (κ2) is 5.75. The standard InChI is InChI=1S/C13H18ClN3O2/c1-9-7-10(5-6-16(9)2)15-13-4-3-11(17(18)19)8-12(13)14/h3-4,8-10,15H,5-7H2,1-2H3. The van der Waals surface area contributed by atoms with Crippen LogP contribution in [0.25, 0.3) is 0 Å². The summed E-state index contributed by atoms with van der Waals surface area (Å²) in [4.78, 5) is 12.5. The number of nitro benzene ring substituents is 1. The number of benzene rings is 1. The molecular weight excluding hydrogens is 266 g/mol. The molecule has 0 saturated carbocycles. The zero-order valence-corrected chi connectivity index (χ0v) is 11.9. The number of hydrogen-bond acceptors (Lipinski definition) is 4. The van der Waals surface area contributed by atoms with Gasteiger partial charge in [0.2, 0.25) is 0 Å². The molecule has 0 aromatic heterocycles. The van der Waals surface area contributed by atoms with Crippen molar-refractivity contribution >= 4 is 23.0 Å². The van der Waals surface area contributed by atoms with E-state index in [0.29, 0.717) is 17.1 Å². The van der Waals surface area contributed by atoms with Crippen LogP contribution in [0, 0.1) is 10.1 Å². The van der Waals surface area contributed by atoms with Gasteiger partial charge in [0, 0.05) is 30.8 Å². The Balaban J connectivity index is 2.05. The fourth-order valence-corrected chi connectivity index (χ4v) is 2.60. The molecule has 5 nitrogen and oxygen atoms in total. The van der Waals surface area contributed by atoms with E-state index >= 15 is 0 Å². The van der Waals surface area contributed by atoms with Crippen molar-refractivity contribution in [1.82, 2.24) is 4.90 Å². The van der Waals surface area contributed by atoms with Gasteiger partial charge < -0.3 is 10.2 Å². The van der Waals surface area contributed by atoms with Gasteiger partial charge in [0.05, 0.1) is 15.6 Å². The SMILES string of the molecule is CC1CC(Nc2ccc([N+](=O)[O-])cc2Cl)CCN1C. The third kappa shape index (κ3) is 3.36. The van der Waals surface area contributed by atoms with Gasteiger partial charge in [-0.3, -0.25) is 10.1 Å². The molecule has 0 bridgehead atoms. The molecule has 19 heavy (non-hydrogen) atoms. The molecule has 0 radical (unpaired) electrons. The Morgan fingerprint density at radius 1 is 1.53 bits per heavy atom. The maximum atomic E-state index is 10.7. The predicted molar refractivity (Wildman–Crippen MR) is 76.8 cm³/mol. The number of non-ortho nitro benzene ring substituents is 1. The Bertz CT molecular complexity index is 481. The third-order valence-corrected chi connectivity index (χ3v) is 4.04. The molecular formula is C13H18ClN3O2. The van der Waals surface area contributed by atoms with Crippen LogP contribution < -0.4 is 5.32 Å². The first kappa shape index (κ1) is 14.1. The number of halogens is 1. The second-order valence-corrected chi connectivity index (χ2v) is 5.52. The summed E-state index contributed by atoms with van der Waals surface area (Å²) in [5.74, 6) is 0. The second-order valence-electron chi connectivity index (χ2n) is 5.12. The van der Waals surface area contributed by atoms with Gasteiger partial charge in [-0.15, -0.1) is 0 Å². The first-order chi connectivity index (χ1) is 8.97. The van der Waals surface area contributed by atoms with Crippen molar-refractivity contribution in [3.05, 3.63) is 33.3 Å². The number of hydrogen-bond donors (Lipinski definition) is 1. The molecule has 0 aliphatic carbocycles. The Hall–Kier alpha value is -1.33. The molecule has 0 spiro atoms. The maximum absolute atomic E-state index is 10.7. The van der Waals surface area contributed by atoms with E-state index in [2.05, 4.69) is 24.2 Å². The van der Waals surface area contributed by atoms with Crippen molar-refractivity contribution < 1.29 is 4.92 Å². The fourth-order valence-electron chi connectivity index (χ4n) is 2.38. The Morgan fingerprint density at radius 3 is 2.84 bits per heavy atom. The van der Waals surface area contributed by atoms with Crippen LogP contribution in [0.4, 0.5) is 11.4 Å². The highest BCUT2D eigenvalue weighted by Gasteiger charge is 2.23. The molecule has 0 amide bonds. The lowest BCUT2D eigenvalue weighted by Gasteiger charge is -2.35. The first-order valence-electron chi connectivity index (χ1n) is 6.38. The molecule has 6 heteroatoms. The van der Waals surface area contributed by atoms with Crippen LogP contribution in [0.15, 0.2) is 18.2 Å². The van der Waals surface area contributed by atoms with E-state index < -0.39 is 4.92 Å². The van der Waals surface area contributed by atoms with Crippen molar-refractivity contribution in [2.75, 3.05) is 18.9 Å². The molecule has 1 saturated heterocycles. The first-order valence-corrected chi connectivity index (χ1v) is 6.76. The lowest BCUT2D eigenvalue weighted by Crippen LogP contribution is -2.42. The van der Waals surface area contributed by atoms with E-state index in [-0.39, 0.29) is 5.69 Å². The number of likely N-dealkylation sites (tertiary alicyclic amines) is 1. The molecule has 1 aromatic carbocycles. The predicted octanol–water partition coefficient (Wildman–Crippen LogP) is 3.14. The van der Waals surface area contributed by atoms with E-state index in [1.807, 2.05) is 0 Å². The highest BCUT2D eigenvalue weighted by atomic mass is 35.5. The largest absolute Gasteiger partial charge is 0.381 e. The van der Waals surface area contributed by atoms with E-state index in [9.17, 15) is 10.1 Å². The zero-order chi connectivity index (χ0) is 14.0. The van der Waals surface area contributed by atoms with Gasteiger partial charge in [0.1, 0.15) is 0 Å². The minimum Gasteiger partial charge on any atom is -0.381 e. The summed E-state index contributed by atoms with van der Waals surface area (Å²) >= 11 is 6.08. The minimum absolute atomic E-state index is 0.0206. The molecule has 1 heterocycles. The van der Waals surface area contributed by atoms with Gasteiger partial charge in [-0.25, -0.2) is 0 Å². The Morgan fingerprint density at radius 2 is 2.26 bits per heavy atom. The summed E-state index contributed by atoms with van der Waals surface area (Å²) < 4.78 is 0. The molecule has 1 N–H and O–H groups in total. The van der Waals surface area contributed by atoms with E-state index in [1.165, 1.54) is 12.1 Å². The number of piperidine rings is 1. The van der Waals surface area contributed by atoms with Crippen LogP contribution in [-0.4, -0.2) is 35.5 Å². The average Bonchev–Trinajstić information content (AvgIpc) is 2.36. The van der Waals surface area contributed by atoms with Crippen molar-refractivity contribution in [3.63, 3.8) is 0 Å². The Labute approximate surface area is 117 Å². The number of anilines is 1. The van der Waals surface area contributed by atoms with Gasteiger partial charge in [-0.2, -0.15) is 0 Å². The van der Waals surface area contributed by atoms with Gasteiger partial charge in [-0.05, 0) is 32.9 Å². The minimum atomic E-state index is -0.437. The topological polar surface area (TPSA) is 58.4 Å². The van der Waals surface area contributed by atoms with Crippen LogP contribution in [0.2, 0.25) is 5.02 Å². The molecule has 1 fully saturated rings. The monoisotopic (exact) mass is 283 g/mol. The summed E-state index contributed by atoms with van der Waals surface area (Å²) in [7, 11) is 2.12. The van der Waals surface area contributed by atoms with E-state index in [1.54, 1.807) is 6.07 Å². The van der Waals surface area contributed by atoms with Gasteiger partial charge in [0.25, 0.3) is 5.69 Å². The number of rotatable bonds is 3. The van der Waals surface area contributed by atoms with Crippen molar-refractivity contribution in [3.8, 4) is 0 Å². The van der Waals surface area contributed by atoms with Crippen LogP contribution in [-0.2, 0) is 0 Å². The zero-order valence-electron chi connectivity index (χ0n) is 11.1. The normalized spacial score (nSPS) is 24.2. The number of nitro groups is 1. The van der Waals surface area contributed by atoms with Gasteiger partial charge >= 0.3 is 0 Å². The van der Waals surface area contributed by atoms with Gasteiger partial charge in [0.15, 0.2) is 0 Å². The maximum Gasteiger partial charge on any atom is 0.271 e. The Kier molecular flexibility index (Phi) is 4.27. The van der Waals surface area contributed by atoms with Crippen LogP contribution in [0.3, 0.4) is 0 Å². The van der Waals surface area contributed by atoms with E-state index in [0.717, 1.165) is 25.1 Å². The van der Waals surface area contributed by atoms with Crippen LogP contribution in [0.1, 0.15) is 19.8 Å². The summed E-state index contributed by atoms with van der Waals surface area (Å²) in [5, 5.41) is 14.4. The van der Waals surface area contributed by atoms with Gasteiger partial charge in [-0.1, -0.05) is 11.6 Å². The summed E-state index contributed by atoms with van der Waals surface area (Å²) in [5.41, 5.74) is 0.793. The lowest BCUT2D eigenvalue weighted by atomic mass is 9.98. The van der Waals surface area contributed by atoms with E-state index in [4.69, 9.17) is 11.6 Å². The molecule has 104 valence electrons. The summed E-state index contributed by atoms with van der Waals surface area (Å²) in [6.45, 7) is 3.24. The highest BCUT2D eigenvalue weighted by Crippen LogP contribution is 2.29. The molecule has 2 atom stereocenters. The molecule has 2 unspecified atom stereocenters. The van der Waals surface area contributed by atoms with Crippen LogP contribution >= 0.6 is 11.6 Å². The van der Waals surface area contributed by atoms with Crippen molar-refractivity contribution in [2.24, 2.45) is 0 Å². The summed E-state index contributed by atoms with van der Waals surface area (Å²) in [6.07, 6.45) is 2.10. The third-order valence-electron chi connectivity index (χ3n) is 3.73. The number of nitrogens with one attached hydrogen (secondary N) is 1. The highest BCUT2D eigenvalue weighted by molar-refractivity contribution is 6.33. The molecule has 1 aliphatic rings. The van der Waals surface area contributed by atoms with Crippen molar-refractivity contribution in [2.45, 2.75) is 31.8 Å².